The molecule has 0 amide bonds. The largest absolute Gasteiger partial charge is 0.416 e. The molecule has 1 aliphatic rings. The van der Waals surface area contributed by atoms with Gasteiger partial charge in [-0.25, -0.2) is 0 Å². The molecule has 0 bridgehead atoms. The lowest BCUT2D eigenvalue weighted by molar-refractivity contribution is -0.137. The van der Waals surface area contributed by atoms with E-state index in [2.05, 4.69) is 17.3 Å². The van der Waals surface area contributed by atoms with E-state index in [9.17, 15) is 13.2 Å². The highest BCUT2D eigenvalue weighted by atomic mass is 35.5. The van der Waals surface area contributed by atoms with Crippen LogP contribution in [0.1, 0.15) is 24.8 Å². The van der Waals surface area contributed by atoms with Gasteiger partial charge in [-0.05, 0) is 57.6 Å². The Morgan fingerprint density at radius 3 is 2.70 bits per heavy atom. The van der Waals surface area contributed by atoms with E-state index in [1.165, 1.54) is 6.07 Å². The van der Waals surface area contributed by atoms with Crippen LogP contribution in [0.3, 0.4) is 0 Å². The number of hydrogen-bond donors (Lipinski definition) is 1. The van der Waals surface area contributed by atoms with Crippen molar-refractivity contribution in [2.75, 3.05) is 25.5 Å². The summed E-state index contributed by atoms with van der Waals surface area (Å²) < 4.78 is 38.2. The molecule has 1 unspecified atom stereocenters. The number of alkyl halides is 3. The van der Waals surface area contributed by atoms with E-state index in [0.717, 1.165) is 44.5 Å². The van der Waals surface area contributed by atoms with Crippen LogP contribution in [-0.4, -0.2) is 31.1 Å². The zero-order valence-electron chi connectivity index (χ0n) is 11.3. The molecule has 1 heterocycles. The minimum Gasteiger partial charge on any atom is -0.381 e. The van der Waals surface area contributed by atoms with Crippen molar-refractivity contribution in [1.82, 2.24) is 4.90 Å². The van der Waals surface area contributed by atoms with Gasteiger partial charge in [0.25, 0.3) is 0 Å². The molecule has 2 rings (SSSR count). The molecule has 0 aliphatic carbocycles. The molecule has 112 valence electrons. The summed E-state index contributed by atoms with van der Waals surface area (Å²) in [5.74, 6) is 0. The quantitative estimate of drug-likeness (QED) is 0.878. The second-order valence-corrected chi connectivity index (χ2v) is 5.68. The molecule has 1 fully saturated rings. The van der Waals surface area contributed by atoms with Crippen LogP contribution in [-0.2, 0) is 6.18 Å². The zero-order valence-corrected chi connectivity index (χ0v) is 12.1. The molecule has 1 aliphatic heterocycles. The summed E-state index contributed by atoms with van der Waals surface area (Å²) in [5, 5.41) is 3.49. The van der Waals surface area contributed by atoms with Crippen molar-refractivity contribution in [3.8, 4) is 0 Å². The van der Waals surface area contributed by atoms with E-state index in [-0.39, 0.29) is 6.04 Å². The van der Waals surface area contributed by atoms with Gasteiger partial charge in [-0.2, -0.15) is 13.2 Å². The summed E-state index contributed by atoms with van der Waals surface area (Å²) in [6, 6.07) is 3.57. The van der Waals surface area contributed by atoms with Crippen LogP contribution >= 0.6 is 11.6 Å². The highest BCUT2D eigenvalue weighted by Crippen LogP contribution is 2.34. The molecule has 20 heavy (non-hydrogen) atoms. The van der Waals surface area contributed by atoms with Crippen molar-refractivity contribution in [3.05, 3.63) is 28.8 Å². The Morgan fingerprint density at radius 2 is 2.00 bits per heavy atom. The van der Waals surface area contributed by atoms with Gasteiger partial charge in [0.1, 0.15) is 0 Å². The average molecular weight is 307 g/mol. The van der Waals surface area contributed by atoms with Crippen LogP contribution in [0.15, 0.2) is 18.2 Å². The van der Waals surface area contributed by atoms with Crippen molar-refractivity contribution in [3.63, 3.8) is 0 Å². The molecule has 1 aromatic rings. The van der Waals surface area contributed by atoms with Gasteiger partial charge in [0.05, 0.1) is 16.3 Å². The first-order chi connectivity index (χ1) is 9.36. The smallest absolute Gasteiger partial charge is 0.381 e. The Balaban J connectivity index is 2.12. The number of hydrogen-bond acceptors (Lipinski definition) is 2. The highest BCUT2D eigenvalue weighted by Gasteiger charge is 2.31. The minimum atomic E-state index is -4.34. The van der Waals surface area contributed by atoms with Crippen LogP contribution < -0.4 is 5.32 Å². The first-order valence-electron chi connectivity index (χ1n) is 6.68. The molecular weight excluding hydrogens is 289 g/mol. The van der Waals surface area contributed by atoms with E-state index in [1.54, 1.807) is 0 Å². The maximum absolute atomic E-state index is 12.7. The standard InChI is InChI=1S/C14H18ClF3N2/c1-20-7-2-3-11(6-8-20)19-13-9-10(14(16,17)18)4-5-12(13)15/h4-5,9,11,19H,2-3,6-8H2,1H3. The summed E-state index contributed by atoms with van der Waals surface area (Å²) in [7, 11) is 2.06. The lowest BCUT2D eigenvalue weighted by atomic mass is 10.1. The predicted molar refractivity (Wildman–Crippen MR) is 75.2 cm³/mol. The highest BCUT2D eigenvalue weighted by molar-refractivity contribution is 6.33. The molecule has 0 radical (unpaired) electrons. The third kappa shape index (κ3) is 4.03. The van der Waals surface area contributed by atoms with Crippen molar-refractivity contribution < 1.29 is 13.2 Å². The maximum Gasteiger partial charge on any atom is 0.416 e. The second kappa shape index (κ2) is 6.22. The summed E-state index contributed by atoms with van der Waals surface area (Å²) in [5.41, 5.74) is -0.300. The summed E-state index contributed by atoms with van der Waals surface area (Å²) in [4.78, 5) is 2.23. The van der Waals surface area contributed by atoms with E-state index < -0.39 is 11.7 Å². The van der Waals surface area contributed by atoms with Crippen molar-refractivity contribution >= 4 is 17.3 Å². The van der Waals surface area contributed by atoms with Gasteiger partial charge in [-0.15, -0.1) is 0 Å². The van der Waals surface area contributed by atoms with Gasteiger partial charge >= 0.3 is 6.18 Å². The maximum atomic E-state index is 12.7. The number of likely N-dealkylation sites (tertiary alicyclic amines) is 1. The summed E-state index contributed by atoms with van der Waals surface area (Å²) >= 11 is 5.99. The van der Waals surface area contributed by atoms with Crippen molar-refractivity contribution in [2.24, 2.45) is 0 Å². The normalized spacial score (nSPS) is 21.6. The van der Waals surface area contributed by atoms with Gasteiger partial charge in [-0.1, -0.05) is 11.6 Å². The Hall–Kier alpha value is -0.940. The van der Waals surface area contributed by atoms with E-state index in [0.29, 0.717) is 10.7 Å². The minimum absolute atomic E-state index is 0.168. The van der Waals surface area contributed by atoms with Crippen molar-refractivity contribution in [1.29, 1.82) is 0 Å². The molecule has 6 heteroatoms. The van der Waals surface area contributed by atoms with Gasteiger partial charge < -0.3 is 10.2 Å². The first kappa shape index (κ1) is 15.4. The van der Waals surface area contributed by atoms with Crippen molar-refractivity contribution in [2.45, 2.75) is 31.5 Å². The summed E-state index contributed by atoms with van der Waals surface area (Å²) in [6.07, 6.45) is -1.46. The number of anilines is 1. The monoisotopic (exact) mass is 306 g/mol. The number of nitrogens with zero attached hydrogens (tertiary/aromatic N) is 1. The Morgan fingerprint density at radius 1 is 1.25 bits per heavy atom. The zero-order chi connectivity index (χ0) is 14.8. The van der Waals surface area contributed by atoms with Crippen LogP contribution in [0.5, 0.6) is 0 Å². The first-order valence-corrected chi connectivity index (χ1v) is 7.06. The van der Waals surface area contributed by atoms with E-state index in [1.807, 2.05) is 0 Å². The van der Waals surface area contributed by atoms with Gasteiger partial charge in [0, 0.05) is 6.04 Å². The second-order valence-electron chi connectivity index (χ2n) is 5.27. The third-order valence-electron chi connectivity index (χ3n) is 3.61. The lowest BCUT2D eigenvalue weighted by Gasteiger charge is -2.20. The SMILES string of the molecule is CN1CCCC(Nc2cc(C(F)(F)F)ccc2Cl)CC1. The van der Waals surface area contributed by atoms with E-state index >= 15 is 0 Å². The molecule has 1 atom stereocenters. The van der Waals surface area contributed by atoms with E-state index in [4.69, 9.17) is 11.6 Å². The molecule has 1 saturated heterocycles. The number of benzene rings is 1. The molecule has 0 aromatic heterocycles. The molecule has 0 spiro atoms. The number of nitrogens with one attached hydrogen (secondary N) is 1. The Labute approximate surface area is 121 Å². The van der Waals surface area contributed by atoms with Crippen LogP contribution in [0, 0.1) is 0 Å². The number of rotatable bonds is 2. The summed E-state index contributed by atoms with van der Waals surface area (Å²) in [6.45, 7) is 1.96. The molecule has 0 saturated carbocycles. The van der Waals surface area contributed by atoms with Gasteiger partial charge in [0.15, 0.2) is 0 Å². The Kier molecular flexibility index (Phi) is 4.81. The fourth-order valence-corrected chi connectivity index (χ4v) is 2.59. The fraction of sp³-hybridized carbons (Fsp3) is 0.571. The molecule has 2 nitrogen and oxygen atoms in total. The topological polar surface area (TPSA) is 15.3 Å². The van der Waals surface area contributed by atoms with Crippen LogP contribution in [0.25, 0.3) is 0 Å². The predicted octanol–water partition coefficient (Wildman–Crippen LogP) is 4.26. The Bertz CT molecular complexity index is 462. The molecule has 1 aromatic carbocycles. The fourth-order valence-electron chi connectivity index (χ4n) is 2.42. The van der Waals surface area contributed by atoms with Gasteiger partial charge in [0.2, 0.25) is 0 Å². The van der Waals surface area contributed by atoms with Crippen LogP contribution in [0.2, 0.25) is 5.02 Å². The molecule has 1 N–H and O–H groups in total. The van der Waals surface area contributed by atoms with Gasteiger partial charge in [-0.3, -0.25) is 0 Å². The lowest BCUT2D eigenvalue weighted by Crippen LogP contribution is -2.23. The number of halogens is 4. The average Bonchev–Trinajstić information content (AvgIpc) is 2.56. The third-order valence-corrected chi connectivity index (χ3v) is 3.93. The van der Waals surface area contributed by atoms with Crippen LogP contribution in [0.4, 0.5) is 18.9 Å². The molecular formula is C14H18ClF3N2.